The molecule has 0 aliphatic rings. The van der Waals surface area contributed by atoms with Gasteiger partial charge in [0.05, 0.1) is 12.2 Å². The number of carbonyl (C=O) groups is 1. The van der Waals surface area contributed by atoms with E-state index in [-0.39, 0.29) is 12.1 Å². The summed E-state index contributed by atoms with van der Waals surface area (Å²) >= 11 is 0. The number of hydrogen-bond donors (Lipinski definition) is 1. The van der Waals surface area contributed by atoms with Crippen LogP contribution in [-0.4, -0.2) is 17.5 Å². The lowest BCUT2D eigenvalue weighted by Crippen LogP contribution is -2.24. The Morgan fingerprint density at radius 3 is 2.52 bits per heavy atom. The van der Waals surface area contributed by atoms with Crippen LogP contribution in [0.5, 0.6) is 5.75 Å². The molecule has 0 aliphatic heterocycles. The summed E-state index contributed by atoms with van der Waals surface area (Å²) in [5.74, 6) is 0.163. The van der Waals surface area contributed by atoms with E-state index in [1.807, 2.05) is 6.92 Å². The Morgan fingerprint density at radius 2 is 1.91 bits per heavy atom. The third kappa shape index (κ3) is 4.45. The van der Waals surface area contributed by atoms with Gasteiger partial charge in [0, 0.05) is 24.5 Å². The van der Waals surface area contributed by atoms with E-state index in [0.29, 0.717) is 17.9 Å². The Balaban J connectivity index is 2.05. The molecule has 4 nitrogen and oxygen atoms in total. The maximum Gasteiger partial charge on any atom is 0.418 e. The van der Waals surface area contributed by atoms with Crippen molar-refractivity contribution in [1.82, 2.24) is 10.3 Å². The number of nitrogens with zero attached hydrogens (tertiary/aromatic N) is 1. The van der Waals surface area contributed by atoms with Crippen LogP contribution in [0.4, 0.5) is 13.2 Å². The highest BCUT2D eigenvalue weighted by Crippen LogP contribution is 2.31. The van der Waals surface area contributed by atoms with Crippen molar-refractivity contribution in [2.75, 3.05) is 6.61 Å². The first-order valence-corrected chi connectivity index (χ1v) is 6.93. The average molecular weight is 324 g/mol. The number of nitrogens with one attached hydrogen (secondary N) is 1. The molecule has 0 bridgehead atoms. The summed E-state index contributed by atoms with van der Waals surface area (Å²) in [5.41, 5.74) is -0.546. The maximum absolute atomic E-state index is 12.8. The van der Waals surface area contributed by atoms with Crippen LogP contribution in [-0.2, 0) is 12.7 Å². The molecule has 0 aliphatic carbocycles. The van der Waals surface area contributed by atoms with Crippen LogP contribution in [0, 0.1) is 0 Å². The molecule has 7 heteroatoms. The van der Waals surface area contributed by atoms with Gasteiger partial charge in [-0.1, -0.05) is 0 Å². The molecule has 1 N–H and O–H groups in total. The number of hydrogen-bond acceptors (Lipinski definition) is 3. The summed E-state index contributed by atoms with van der Waals surface area (Å²) in [6.45, 7) is 2.12. The molecule has 0 fully saturated rings. The fourth-order valence-electron chi connectivity index (χ4n) is 1.98. The largest absolute Gasteiger partial charge is 0.494 e. The number of pyridine rings is 1. The number of rotatable bonds is 5. The van der Waals surface area contributed by atoms with Crippen molar-refractivity contribution in [2.45, 2.75) is 19.6 Å². The third-order valence-electron chi connectivity index (χ3n) is 3.08. The Labute approximate surface area is 131 Å². The Bertz CT molecular complexity index is 670. The number of aromatic nitrogens is 1. The van der Waals surface area contributed by atoms with Crippen LogP contribution in [0.15, 0.2) is 42.7 Å². The minimum absolute atomic E-state index is 0.0354. The quantitative estimate of drug-likeness (QED) is 0.917. The second-order valence-electron chi connectivity index (χ2n) is 4.67. The van der Waals surface area contributed by atoms with Gasteiger partial charge < -0.3 is 10.1 Å². The number of ether oxygens (including phenoxy) is 1. The molecule has 1 aromatic carbocycles. The molecular formula is C16H15F3N2O2. The maximum atomic E-state index is 12.8. The van der Waals surface area contributed by atoms with Crippen molar-refractivity contribution >= 4 is 5.91 Å². The first-order chi connectivity index (χ1) is 10.9. The smallest absolute Gasteiger partial charge is 0.418 e. The summed E-state index contributed by atoms with van der Waals surface area (Å²) < 4.78 is 43.8. The van der Waals surface area contributed by atoms with Crippen molar-refractivity contribution in [3.63, 3.8) is 0 Å². The zero-order valence-corrected chi connectivity index (χ0v) is 12.4. The fourth-order valence-corrected chi connectivity index (χ4v) is 1.98. The molecule has 1 aromatic heterocycles. The third-order valence-corrected chi connectivity index (χ3v) is 3.08. The van der Waals surface area contributed by atoms with Gasteiger partial charge in [-0.15, -0.1) is 0 Å². The molecule has 2 rings (SSSR count). The molecule has 1 heterocycles. The van der Waals surface area contributed by atoms with Gasteiger partial charge in [-0.25, -0.2) is 0 Å². The summed E-state index contributed by atoms with van der Waals surface area (Å²) in [5, 5.41) is 2.47. The van der Waals surface area contributed by atoms with Crippen molar-refractivity contribution in [2.24, 2.45) is 0 Å². The molecular weight excluding hydrogens is 309 g/mol. The average Bonchev–Trinajstić information content (AvgIpc) is 2.53. The van der Waals surface area contributed by atoms with Crippen LogP contribution >= 0.6 is 0 Å². The van der Waals surface area contributed by atoms with Crippen molar-refractivity contribution in [3.8, 4) is 5.75 Å². The SMILES string of the molecule is CCOc1ccc(C(=O)NCc2ccncc2C(F)(F)F)cc1. The fraction of sp³-hybridized carbons (Fsp3) is 0.250. The van der Waals surface area contributed by atoms with E-state index < -0.39 is 17.6 Å². The van der Waals surface area contributed by atoms with E-state index in [2.05, 4.69) is 10.3 Å². The predicted octanol–water partition coefficient (Wildman–Crippen LogP) is 3.43. The second kappa shape index (κ2) is 7.13. The van der Waals surface area contributed by atoms with Gasteiger partial charge in [-0.2, -0.15) is 13.2 Å². The molecule has 0 saturated heterocycles. The minimum Gasteiger partial charge on any atom is -0.494 e. The highest BCUT2D eigenvalue weighted by molar-refractivity contribution is 5.94. The minimum atomic E-state index is -4.51. The Morgan fingerprint density at radius 1 is 1.22 bits per heavy atom. The number of carbonyl (C=O) groups excluding carboxylic acids is 1. The van der Waals surface area contributed by atoms with Crippen molar-refractivity contribution in [1.29, 1.82) is 0 Å². The molecule has 0 saturated carbocycles. The molecule has 1 amide bonds. The van der Waals surface area contributed by atoms with Crippen molar-refractivity contribution in [3.05, 3.63) is 59.4 Å². The zero-order chi connectivity index (χ0) is 16.9. The summed E-state index contributed by atoms with van der Waals surface area (Å²) in [7, 11) is 0. The highest BCUT2D eigenvalue weighted by Gasteiger charge is 2.33. The van der Waals surface area contributed by atoms with E-state index in [1.54, 1.807) is 24.3 Å². The molecule has 2 aromatic rings. The zero-order valence-electron chi connectivity index (χ0n) is 12.4. The molecule has 122 valence electrons. The van der Waals surface area contributed by atoms with E-state index in [9.17, 15) is 18.0 Å². The van der Waals surface area contributed by atoms with E-state index in [4.69, 9.17) is 4.74 Å². The topological polar surface area (TPSA) is 51.2 Å². The van der Waals surface area contributed by atoms with Crippen LogP contribution in [0.2, 0.25) is 0 Å². The summed E-state index contributed by atoms with van der Waals surface area (Å²) in [6, 6.07) is 7.61. The van der Waals surface area contributed by atoms with Gasteiger partial charge in [-0.05, 0) is 42.8 Å². The number of alkyl halides is 3. The number of amides is 1. The van der Waals surface area contributed by atoms with Gasteiger partial charge in [0.15, 0.2) is 0 Å². The lowest BCUT2D eigenvalue weighted by Gasteiger charge is -2.12. The second-order valence-corrected chi connectivity index (χ2v) is 4.67. The predicted molar refractivity (Wildman–Crippen MR) is 78.0 cm³/mol. The first-order valence-electron chi connectivity index (χ1n) is 6.93. The monoisotopic (exact) mass is 324 g/mol. The van der Waals surface area contributed by atoms with E-state index in [0.717, 1.165) is 6.20 Å². The Hall–Kier alpha value is -2.57. The lowest BCUT2D eigenvalue weighted by atomic mass is 10.1. The van der Waals surface area contributed by atoms with Crippen LogP contribution < -0.4 is 10.1 Å². The lowest BCUT2D eigenvalue weighted by molar-refractivity contribution is -0.138. The standard InChI is InChI=1S/C16H15F3N2O2/c1-2-23-13-5-3-11(4-6-13)15(22)21-9-12-7-8-20-10-14(12)16(17,18)19/h3-8,10H,2,9H2,1H3,(H,21,22). The highest BCUT2D eigenvalue weighted by atomic mass is 19.4. The molecule has 0 unspecified atom stereocenters. The van der Waals surface area contributed by atoms with Crippen LogP contribution in [0.25, 0.3) is 0 Å². The summed E-state index contributed by atoms with van der Waals surface area (Å²) in [4.78, 5) is 15.5. The van der Waals surface area contributed by atoms with Gasteiger partial charge in [0.1, 0.15) is 5.75 Å². The molecule has 23 heavy (non-hydrogen) atoms. The van der Waals surface area contributed by atoms with Crippen molar-refractivity contribution < 1.29 is 22.7 Å². The van der Waals surface area contributed by atoms with E-state index >= 15 is 0 Å². The molecule has 0 radical (unpaired) electrons. The van der Waals surface area contributed by atoms with Crippen LogP contribution in [0.1, 0.15) is 28.4 Å². The molecule has 0 atom stereocenters. The van der Waals surface area contributed by atoms with E-state index in [1.165, 1.54) is 12.3 Å². The van der Waals surface area contributed by atoms with Gasteiger partial charge in [-0.3, -0.25) is 9.78 Å². The summed E-state index contributed by atoms with van der Waals surface area (Å²) in [6.07, 6.45) is -2.50. The Kier molecular flexibility index (Phi) is 5.20. The van der Waals surface area contributed by atoms with Gasteiger partial charge in [0.2, 0.25) is 0 Å². The van der Waals surface area contributed by atoms with Gasteiger partial charge in [0.25, 0.3) is 5.91 Å². The first kappa shape index (κ1) is 16.8. The number of benzene rings is 1. The van der Waals surface area contributed by atoms with Gasteiger partial charge >= 0.3 is 6.18 Å². The normalized spacial score (nSPS) is 11.1. The van der Waals surface area contributed by atoms with Crippen LogP contribution in [0.3, 0.4) is 0 Å². The molecule has 0 spiro atoms. The number of halogens is 3.